The minimum atomic E-state index is -0.483. The second-order valence-corrected chi connectivity index (χ2v) is 6.52. The van der Waals surface area contributed by atoms with Gasteiger partial charge in [0.2, 0.25) is 0 Å². The Kier molecular flexibility index (Phi) is 6.95. The summed E-state index contributed by atoms with van der Waals surface area (Å²) in [6.07, 6.45) is 0.582. The number of hydrazine groups is 1. The fourth-order valence-corrected chi connectivity index (χ4v) is 3.07. The lowest BCUT2D eigenvalue weighted by atomic mass is 10.0. The molecule has 148 valence electrons. The Hall–Kier alpha value is -3.12. The number of rotatable bonds is 6. The van der Waals surface area contributed by atoms with Crippen molar-refractivity contribution in [1.29, 1.82) is 0 Å². The molecule has 28 heavy (non-hydrogen) atoms. The van der Waals surface area contributed by atoms with Crippen molar-refractivity contribution in [3.8, 4) is 5.75 Å². The van der Waals surface area contributed by atoms with Crippen LogP contribution in [-0.2, 0) is 6.42 Å². The van der Waals surface area contributed by atoms with E-state index in [-0.39, 0.29) is 5.70 Å². The molecule has 0 bridgehead atoms. The van der Waals surface area contributed by atoms with Crippen LogP contribution in [-0.4, -0.2) is 35.6 Å². The van der Waals surface area contributed by atoms with Crippen LogP contribution in [0.5, 0.6) is 5.75 Å². The first-order valence-electron chi connectivity index (χ1n) is 9.00. The van der Waals surface area contributed by atoms with Crippen molar-refractivity contribution in [1.82, 2.24) is 10.4 Å². The number of methoxy groups -OCH3 is 1. The van der Waals surface area contributed by atoms with Gasteiger partial charge in [0.1, 0.15) is 5.75 Å². The molecule has 0 saturated carbocycles. The molecule has 0 aliphatic carbocycles. The quantitative estimate of drug-likeness (QED) is 0.752. The Morgan fingerprint density at radius 2 is 1.82 bits per heavy atom. The smallest absolute Gasteiger partial charge is 0.276 e. The van der Waals surface area contributed by atoms with Gasteiger partial charge in [0.25, 0.3) is 11.8 Å². The molecule has 0 unspecified atom stereocenters. The zero-order valence-electron chi connectivity index (χ0n) is 16.7. The van der Waals surface area contributed by atoms with E-state index in [1.807, 2.05) is 26.8 Å². The van der Waals surface area contributed by atoms with Crippen LogP contribution in [0.4, 0.5) is 0 Å². The van der Waals surface area contributed by atoms with Gasteiger partial charge < -0.3 is 9.84 Å². The zero-order chi connectivity index (χ0) is 20.8. The molecule has 2 amide bonds. The number of carbonyl (C=O) groups excluding carboxylic acids is 2. The van der Waals surface area contributed by atoms with E-state index in [0.29, 0.717) is 23.3 Å². The molecule has 6 heteroatoms. The van der Waals surface area contributed by atoms with Crippen LogP contribution in [0.3, 0.4) is 0 Å². The van der Waals surface area contributed by atoms with Gasteiger partial charge >= 0.3 is 0 Å². The number of hydrogen-bond acceptors (Lipinski definition) is 4. The summed E-state index contributed by atoms with van der Waals surface area (Å²) in [5.74, 6) is -0.355. The molecule has 2 N–H and O–H groups in total. The highest BCUT2D eigenvalue weighted by molar-refractivity contribution is 6.01. The van der Waals surface area contributed by atoms with Crippen molar-refractivity contribution >= 4 is 11.8 Å². The molecular weight excluding hydrogens is 356 g/mol. The van der Waals surface area contributed by atoms with Crippen LogP contribution in [0.15, 0.2) is 48.7 Å². The first-order valence-corrected chi connectivity index (χ1v) is 9.00. The van der Waals surface area contributed by atoms with Crippen LogP contribution in [0.2, 0.25) is 0 Å². The maximum atomic E-state index is 13.0. The van der Waals surface area contributed by atoms with Crippen molar-refractivity contribution in [2.24, 2.45) is 0 Å². The van der Waals surface area contributed by atoms with E-state index in [9.17, 15) is 14.7 Å². The van der Waals surface area contributed by atoms with Gasteiger partial charge in [-0.2, -0.15) is 0 Å². The molecular formula is C22H26N2O4. The van der Waals surface area contributed by atoms with Gasteiger partial charge in [-0.05, 0) is 44.5 Å². The highest BCUT2D eigenvalue weighted by atomic mass is 16.5. The third kappa shape index (κ3) is 4.58. The molecule has 0 aliphatic rings. The average molecular weight is 382 g/mol. The molecule has 6 nitrogen and oxygen atoms in total. The molecule has 0 saturated heterocycles. The Balaban J connectivity index is 2.39. The van der Waals surface area contributed by atoms with Crippen LogP contribution >= 0.6 is 0 Å². The second-order valence-electron chi connectivity index (χ2n) is 6.52. The Morgan fingerprint density at radius 3 is 2.36 bits per heavy atom. The summed E-state index contributed by atoms with van der Waals surface area (Å²) in [6, 6.07) is 10.6. The van der Waals surface area contributed by atoms with Gasteiger partial charge in [0, 0.05) is 16.7 Å². The highest BCUT2D eigenvalue weighted by Crippen LogP contribution is 2.23. The van der Waals surface area contributed by atoms with Gasteiger partial charge in [-0.3, -0.25) is 15.0 Å². The van der Waals surface area contributed by atoms with E-state index in [0.717, 1.165) is 21.7 Å². The maximum Gasteiger partial charge on any atom is 0.276 e. The topological polar surface area (TPSA) is 78.9 Å². The van der Waals surface area contributed by atoms with Gasteiger partial charge in [-0.1, -0.05) is 36.8 Å². The lowest BCUT2D eigenvalue weighted by molar-refractivity contribution is 0.0626. The molecule has 0 aliphatic heterocycles. The van der Waals surface area contributed by atoms with Crippen LogP contribution in [0, 0.1) is 13.8 Å². The molecule has 0 atom stereocenters. The summed E-state index contributed by atoms with van der Waals surface area (Å²) in [7, 11) is 1.54. The number of aliphatic hydroxyl groups excluding tert-OH is 1. The summed E-state index contributed by atoms with van der Waals surface area (Å²) in [5, 5.41) is 10.5. The number of hydrogen-bond donors (Lipinski definition) is 2. The van der Waals surface area contributed by atoms with Gasteiger partial charge in [-0.15, -0.1) is 0 Å². The highest BCUT2D eigenvalue weighted by Gasteiger charge is 2.23. The van der Waals surface area contributed by atoms with E-state index in [2.05, 4.69) is 12.0 Å². The Bertz CT molecular complexity index is 885. The summed E-state index contributed by atoms with van der Waals surface area (Å²) < 4.78 is 5.33. The number of amides is 2. The lowest BCUT2D eigenvalue weighted by Crippen LogP contribution is -2.46. The number of aliphatic hydroxyl groups is 1. The summed E-state index contributed by atoms with van der Waals surface area (Å²) in [4.78, 5) is 25.9. The van der Waals surface area contributed by atoms with Crippen LogP contribution in [0.25, 0.3) is 0 Å². The van der Waals surface area contributed by atoms with E-state index < -0.39 is 18.4 Å². The predicted octanol–water partition coefficient (Wildman–Crippen LogP) is 3.17. The van der Waals surface area contributed by atoms with Crippen molar-refractivity contribution in [3.05, 3.63) is 76.5 Å². The average Bonchev–Trinajstić information content (AvgIpc) is 2.69. The standard InChI is InChI=1S/C22H26N2O4/c1-6-18-19(8-7-9-20(18)28-5)21(26)23-24(16(4)13-25)22(27)17-11-14(2)10-15(3)12-17/h7-12,25H,4,6,13H2,1-3,5H3,(H,23,26). The van der Waals surface area contributed by atoms with Crippen molar-refractivity contribution in [2.45, 2.75) is 27.2 Å². The predicted molar refractivity (Wildman–Crippen MR) is 108 cm³/mol. The zero-order valence-corrected chi connectivity index (χ0v) is 16.7. The molecule has 2 rings (SSSR count). The van der Waals surface area contributed by atoms with Gasteiger partial charge in [0.15, 0.2) is 0 Å². The Labute approximate surface area is 165 Å². The van der Waals surface area contributed by atoms with Crippen molar-refractivity contribution in [2.75, 3.05) is 13.7 Å². The molecule has 0 radical (unpaired) electrons. The molecule has 0 heterocycles. The number of ether oxygens (including phenoxy) is 1. The third-order valence-electron chi connectivity index (χ3n) is 4.33. The number of aryl methyl sites for hydroxylation is 2. The molecule has 0 aromatic heterocycles. The van der Waals surface area contributed by atoms with Gasteiger partial charge in [0.05, 0.1) is 19.4 Å². The minimum Gasteiger partial charge on any atom is -0.496 e. The van der Waals surface area contributed by atoms with E-state index in [1.165, 1.54) is 0 Å². The molecule has 2 aromatic rings. The van der Waals surface area contributed by atoms with Gasteiger partial charge in [-0.25, -0.2) is 5.01 Å². The first-order chi connectivity index (χ1) is 13.3. The number of benzene rings is 2. The largest absolute Gasteiger partial charge is 0.496 e. The van der Waals surface area contributed by atoms with Crippen molar-refractivity contribution in [3.63, 3.8) is 0 Å². The molecule has 0 fully saturated rings. The van der Waals surface area contributed by atoms with Crippen LogP contribution < -0.4 is 10.2 Å². The summed E-state index contributed by atoms with van der Waals surface area (Å²) >= 11 is 0. The summed E-state index contributed by atoms with van der Waals surface area (Å²) in [5.41, 5.74) is 6.01. The fraction of sp³-hybridized carbons (Fsp3) is 0.273. The monoisotopic (exact) mass is 382 g/mol. The van der Waals surface area contributed by atoms with Crippen LogP contribution in [0.1, 0.15) is 44.3 Å². The van der Waals surface area contributed by atoms with E-state index >= 15 is 0 Å². The number of carbonyl (C=O) groups is 2. The third-order valence-corrected chi connectivity index (χ3v) is 4.33. The molecule has 0 spiro atoms. The lowest BCUT2D eigenvalue weighted by Gasteiger charge is -2.25. The van der Waals surface area contributed by atoms with Crippen molar-refractivity contribution < 1.29 is 19.4 Å². The minimum absolute atomic E-state index is 0.0680. The second kappa shape index (κ2) is 9.19. The normalized spacial score (nSPS) is 10.3. The Morgan fingerprint density at radius 1 is 1.18 bits per heavy atom. The number of nitrogens with one attached hydrogen (secondary N) is 1. The molecule has 2 aromatic carbocycles. The number of nitrogens with zero attached hydrogens (tertiary/aromatic N) is 1. The summed E-state index contributed by atoms with van der Waals surface area (Å²) in [6.45, 7) is 8.92. The maximum absolute atomic E-state index is 13.0. The van der Waals surface area contributed by atoms with E-state index in [4.69, 9.17) is 4.74 Å². The first kappa shape index (κ1) is 21.2. The SMILES string of the molecule is C=C(CO)N(NC(=O)c1cccc(OC)c1CC)C(=O)c1cc(C)cc(C)c1. The van der Waals surface area contributed by atoms with E-state index in [1.54, 1.807) is 37.4 Å². The fourth-order valence-electron chi connectivity index (χ4n) is 3.07.